The van der Waals surface area contributed by atoms with Crippen LogP contribution in [0.15, 0.2) is 36.5 Å². The molecular formula is C11H13NO3S. The van der Waals surface area contributed by atoms with Crippen LogP contribution in [0.4, 0.5) is 0 Å². The highest BCUT2D eigenvalue weighted by molar-refractivity contribution is 7.74. The van der Waals surface area contributed by atoms with Gasteiger partial charge in [-0.1, -0.05) is 18.2 Å². The maximum absolute atomic E-state index is 10.5. The molecule has 16 heavy (non-hydrogen) atoms. The van der Waals surface area contributed by atoms with E-state index >= 15 is 0 Å². The average molecular weight is 239 g/mol. The van der Waals surface area contributed by atoms with E-state index in [4.69, 9.17) is 8.74 Å². The summed E-state index contributed by atoms with van der Waals surface area (Å²) in [4.78, 5) is 0. The summed E-state index contributed by atoms with van der Waals surface area (Å²) in [7, 11) is 0. The smallest absolute Gasteiger partial charge is 0.302 e. The zero-order valence-electron chi connectivity index (χ0n) is 8.87. The van der Waals surface area contributed by atoms with Crippen molar-refractivity contribution in [2.45, 2.75) is 19.6 Å². The summed E-state index contributed by atoms with van der Waals surface area (Å²) in [6.45, 7) is 2.32. The third kappa shape index (κ3) is 2.49. The lowest BCUT2D eigenvalue weighted by molar-refractivity contribution is 0.203. The summed E-state index contributed by atoms with van der Waals surface area (Å²) in [5.74, 6) is 0. The summed E-state index contributed by atoms with van der Waals surface area (Å²) >= 11 is -2.20. The first kappa shape index (κ1) is 11.3. The second-order valence-electron chi connectivity index (χ2n) is 3.65. The Morgan fingerprint density at radius 1 is 1.44 bits per heavy atom. The number of benzene rings is 1. The molecule has 2 unspecified atom stereocenters. The second-order valence-corrected chi connectivity index (χ2v) is 4.28. The maximum Gasteiger partial charge on any atom is 0.302 e. The Bertz CT molecular complexity index is 509. The summed E-state index contributed by atoms with van der Waals surface area (Å²) in [6.07, 6.45) is 1.65. The fourth-order valence-corrected chi connectivity index (χ4v) is 2.09. The highest BCUT2D eigenvalue weighted by Gasteiger charge is 2.08. The van der Waals surface area contributed by atoms with Crippen molar-refractivity contribution in [2.24, 2.45) is 0 Å². The van der Waals surface area contributed by atoms with Gasteiger partial charge >= 0.3 is 11.4 Å². The molecule has 86 valence electrons. The van der Waals surface area contributed by atoms with Crippen LogP contribution >= 0.6 is 0 Å². The lowest BCUT2D eigenvalue weighted by atomic mass is 10.2. The minimum atomic E-state index is -2.20. The topological polar surface area (TPSA) is 51.5 Å². The van der Waals surface area contributed by atoms with Gasteiger partial charge in [-0.25, -0.2) is 0 Å². The van der Waals surface area contributed by atoms with Crippen LogP contribution in [-0.2, 0) is 22.1 Å². The number of rotatable bonds is 4. The normalized spacial score (nSPS) is 15.1. The van der Waals surface area contributed by atoms with Gasteiger partial charge in [0.25, 0.3) is 0 Å². The van der Waals surface area contributed by atoms with Crippen LogP contribution in [0.1, 0.15) is 6.92 Å². The summed E-state index contributed by atoms with van der Waals surface area (Å²) in [5.41, 5.74) is 1.10. The molecule has 0 aliphatic rings. The van der Waals surface area contributed by atoms with E-state index < -0.39 is 11.4 Å². The molecule has 0 radical (unpaired) electrons. The lowest BCUT2D eigenvalue weighted by Crippen LogP contribution is -2.16. The van der Waals surface area contributed by atoms with Crippen LogP contribution in [-0.4, -0.2) is 19.4 Å². The first-order valence-electron chi connectivity index (χ1n) is 4.98. The first-order valence-corrected chi connectivity index (χ1v) is 6.02. The summed E-state index contributed by atoms with van der Waals surface area (Å²) < 4.78 is 25.9. The van der Waals surface area contributed by atoms with Gasteiger partial charge in [0.1, 0.15) is 0 Å². The van der Waals surface area contributed by atoms with Crippen LogP contribution in [0.25, 0.3) is 10.9 Å². The van der Waals surface area contributed by atoms with E-state index in [-0.39, 0.29) is 6.10 Å². The van der Waals surface area contributed by atoms with Gasteiger partial charge in [0, 0.05) is 11.7 Å². The predicted octanol–water partition coefficient (Wildman–Crippen LogP) is 2.18. The number of hydrogen-bond acceptors (Lipinski definition) is 2. The predicted molar refractivity (Wildman–Crippen MR) is 63.3 cm³/mol. The molecule has 0 fully saturated rings. The van der Waals surface area contributed by atoms with Crippen LogP contribution in [0.5, 0.6) is 0 Å². The van der Waals surface area contributed by atoms with E-state index in [1.807, 2.05) is 41.1 Å². The Balaban J connectivity index is 2.18. The molecule has 0 spiro atoms. The molecule has 0 aliphatic heterocycles. The molecule has 0 amide bonds. The minimum absolute atomic E-state index is 0.304. The molecule has 2 aromatic rings. The zero-order chi connectivity index (χ0) is 11.5. The van der Waals surface area contributed by atoms with Crippen molar-refractivity contribution in [3.63, 3.8) is 0 Å². The minimum Gasteiger partial charge on any atom is -0.345 e. The molecule has 0 aliphatic carbocycles. The van der Waals surface area contributed by atoms with Crippen molar-refractivity contribution in [1.29, 1.82) is 0 Å². The van der Waals surface area contributed by atoms with Crippen LogP contribution in [0, 0.1) is 0 Å². The van der Waals surface area contributed by atoms with E-state index in [0.29, 0.717) is 6.54 Å². The van der Waals surface area contributed by atoms with Crippen molar-refractivity contribution >= 4 is 22.3 Å². The van der Waals surface area contributed by atoms with Crippen LogP contribution in [0.3, 0.4) is 0 Å². The number of para-hydroxylation sites is 1. The molecule has 1 N–H and O–H groups in total. The van der Waals surface area contributed by atoms with E-state index in [1.165, 1.54) is 0 Å². The number of aromatic nitrogens is 1. The molecule has 1 aromatic heterocycles. The Hall–Kier alpha value is -1.17. The molecule has 2 rings (SSSR count). The van der Waals surface area contributed by atoms with Crippen molar-refractivity contribution in [1.82, 2.24) is 4.57 Å². The summed E-state index contributed by atoms with van der Waals surface area (Å²) in [5, 5.41) is 1.15. The van der Waals surface area contributed by atoms with Gasteiger partial charge in [0.2, 0.25) is 0 Å². The molecule has 4 nitrogen and oxygen atoms in total. The highest BCUT2D eigenvalue weighted by atomic mass is 32.2. The fourth-order valence-electron chi connectivity index (χ4n) is 1.75. The van der Waals surface area contributed by atoms with E-state index in [9.17, 15) is 4.21 Å². The Kier molecular flexibility index (Phi) is 3.38. The van der Waals surface area contributed by atoms with Crippen LogP contribution < -0.4 is 0 Å². The molecule has 2 atom stereocenters. The molecule has 0 saturated carbocycles. The Morgan fingerprint density at radius 2 is 2.19 bits per heavy atom. The maximum atomic E-state index is 10.5. The van der Waals surface area contributed by atoms with E-state index in [1.54, 1.807) is 6.92 Å². The van der Waals surface area contributed by atoms with Gasteiger partial charge in [-0.15, -0.1) is 0 Å². The SMILES string of the molecule is CC(Cn1ccc2ccccc21)OS(=O)O. The van der Waals surface area contributed by atoms with Crippen molar-refractivity contribution in [3.05, 3.63) is 36.5 Å². The molecule has 1 aromatic carbocycles. The molecule has 5 heteroatoms. The molecule has 0 bridgehead atoms. The fraction of sp³-hybridized carbons (Fsp3) is 0.273. The largest absolute Gasteiger partial charge is 0.345 e. The average Bonchev–Trinajstić information content (AvgIpc) is 2.61. The third-order valence-electron chi connectivity index (χ3n) is 2.38. The molecule has 1 heterocycles. The van der Waals surface area contributed by atoms with Gasteiger partial charge in [-0.05, 0) is 24.4 Å². The Labute approximate surface area is 96.3 Å². The standard InChI is InChI=1S/C11H13NO3S/c1-9(15-16(13)14)8-12-7-6-10-4-2-3-5-11(10)12/h2-7,9H,8H2,1H3,(H,13,14). The molecular weight excluding hydrogens is 226 g/mol. The third-order valence-corrected chi connectivity index (χ3v) is 2.87. The van der Waals surface area contributed by atoms with Gasteiger partial charge < -0.3 is 4.57 Å². The van der Waals surface area contributed by atoms with E-state index in [2.05, 4.69) is 0 Å². The van der Waals surface area contributed by atoms with Gasteiger partial charge in [-0.2, -0.15) is 4.21 Å². The quantitative estimate of drug-likeness (QED) is 0.832. The first-order chi connectivity index (χ1) is 7.66. The molecule has 0 saturated heterocycles. The van der Waals surface area contributed by atoms with Crippen molar-refractivity contribution < 1.29 is 12.9 Å². The Morgan fingerprint density at radius 3 is 2.94 bits per heavy atom. The van der Waals surface area contributed by atoms with Gasteiger partial charge in [0.15, 0.2) is 0 Å². The van der Waals surface area contributed by atoms with Crippen LogP contribution in [0.2, 0.25) is 0 Å². The summed E-state index contributed by atoms with van der Waals surface area (Å²) in [6, 6.07) is 10.0. The highest BCUT2D eigenvalue weighted by Crippen LogP contribution is 2.15. The number of hydrogen-bond donors (Lipinski definition) is 1. The number of fused-ring (bicyclic) bond motifs is 1. The van der Waals surface area contributed by atoms with E-state index in [0.717, 1.165) is 10.9 Å². The lowest BCUT2D eigenvalue weighted by Gasteiger charge is -2.11. The monoisotopic (exact) mass is 239 g/mol. The van der Waals surface area contributed by atoms with Gasteiger partial charge in [0.05, 0.1) is 12.6 Å². The van der Waals surface area contributed by atoms with Gasteiger partial charge in [-0.3, -0.25) is 8.74 Å². The number of nitrogens with zero attached hydrogens (tertiary/aromatic N) is 1. The van der Waals surface area contributed by atoms with Crippen molar-refractivity contribution in [3.8, 4) is 0 Å². The zero-order valence-corrected chi connectivity index (χ0v) is 9.68. The van der Waals surface area contributed by atoms with Crippen molar-refractivity contribution in [2.75, 3.05) is 0 Å². The second kappa shape index (κ2) is 4.78.